The van der Waals surface area contributed by atoms with Crippen LogP contribution in [0.3, 0.4) is 0 Å². The summed E-state index contributed by atoms with van der Waals surface area (Å²) in [7, 11) is 2.08. The normalized spacial score (nSPS) is 15.8. The van der Waals surface area contributed by atoms with Crippen molar-refractivity contribution in [2.75, 3.05) is 13.6 Å². The van der Waals surface area contributed by atoms with Gasteiger partial charge in [-0.2, -0.15) is 0 Å². The summed E-state index contributed by atoms with van der Waals surface area (Å²) in [6, 6.07) is 9.94. The van der Waals surface area contributed by atoms with E-state index in [1.54, 1.807) is 0 Å². The fraction of sp³-hybridized carbons (Fsp3) is 0.308. The van der Waals surface area contributed by atoms with Crippen molar-refractivity contribution in [1.82, 2.24) is 14.7 Å². The van der Waals surface area contributed by atoms with E-state index < -0.39 is 0 Å². The molecule has 17 heavy (non-hydrogen) atoms. The van der Waals surface area contributed by atoms with Crippen LogP contribution in [0, 0.1) is 0 Å². The summed E-state index contributed by atoms with van der Waals surface area (Å²) in [6.45, 7) is 1.78. The first-order chi connectivity index (χ1) is 8.25. The molecule has 0 unspecified atom stereocenters. The highest BCUT2D eigenvalue weighted by atomic mass is 16.1. The first-order valence-corrected chi connectivity index (χ1v) is 5.82. The monoisotopic (exact) mass is 229 g/mol. The molecule has 0 saturated carbocycles. The van der Waals surface area contributed by atoms with Gasteiger partial charge in [0.1, 0.15) is 0 Å². The van der Waals surface area contributed by atoms with E-state index in [1.807, 2.05) is 35.0 Å². The molecule has 1 aromatic carbocycles. The van der Waals surface area contributed by atoms with Crippen LogP contribution >= 0.6 is 0 Å². The van der Waals surface area contributed by atoms with Gasteiger partial charge >= 0.3 is 0 Å². The number of nitrogens with zero attached hydrogens (tertiary/aromatic N) is 2. The van der Waals surface area contributed by atoms with Gasteiger partial charge in [0.2, 0.25) is 0 Å². The van der Waals surface area contributed by atoms with Crippen LogP contribution in [-0.2, 0) is 13.0 Å². The minimum atomic E-state index is 0.0527. The third kappa shape index (κ3) is 1.70. The second-order valence-electron chi connectivity index (χ2n) is 4.52. The number of H-pyrrole nitrogens is 1. The molecule has 2 aromatic rings. The largest absolute Gasteiger partial charge is 0.300 e. The summed E-state index contributed by atoms with van der Waals surface area (Å²) in [5.41, 5.74) is 3.10. The number of aromatic nitrogens is 2. The highest BCUT2D eigenvalue weighted by Gasteiger charge is 2.21. The van der Waals surface area contributed by atoms with Crippen LogP contribution in [0.5, 0.6) is 0 Å². The number of hydrogen-bond donors (Lipinski definition) is 1. The van der Waals surface area contributed by atoms with Gasteiger partial charge in [0, 0.05) is 18.7 Å². The summed E-state index contributed by atoms with van der Waals surface area (Å²) in [6.07, 6.45) is 0.834. The van der Waals surface area contributed by atoms with Crippen LogP contribution in [0.15, 0.2) is 35.1 Å². The maximum absolute atomic E-state index is 11.9. The van der Waals surface area contributed by atoms with E-state index in [9.17, 15) is 4.79 Å². The van der Waals surface area contributed by atoms with Gasteiger partial charge in [0.05, 0.1) is 11.4 Å². The van der Waals surface area contributed by atoms with Crippen molar-refractivity contribution in [3.05, 3.63) is 51.9 Å². The van der Waals surface area contributed by atoms with Crippen molar-refractivity contribution in [2.24, 2.45) is 0 Å². The van der Waals surface area contributed by atoms with E-state index in [-0.39, 0.29) is 5.56 Å². The average Bonchev–Trinajstić information content (AvgIpc) is 2.67. The molecule has 0 aliphatic carbocycles. The van der Waals surface area contributed by atoms with Crippen LogP contribution in [0.4, 0.5) is 0 Å². The van der Waals surface area contributed by atoms with E-state index in [0.29, 0.717) is 0 Å². The Morgan fingerprint density at radius 3 is 2.76 bits per heavy atom. The molecule has 1 aliphatic heterocycles. The third-order valence-corrected chi connectivity index (χ3v) is 3.28. The quantitative estimate of drug-likeness (QED) is 0.797. The van der Waals surface area contributed by atoms with Gasteiger partial charge in [0.15, 0.2) is 0 Å². The van der Waals surface area contributed by atoms with Gasteiger partial charge in [-0.05, 0) is 25.6 Å². The lowest BCUT2D eigenvalue weighted by molar-refractivity contribution is 0.305. The fourth-order valence-electron chi connectivity index (χ4n) is 2.36. The second kappa shape index (κ2) is 3.89. The molecule has 0 saturated heterocycles. The van der Waals surface area contributed by atoms with E-state index in [4.69, 9.17) is 0 Å². The molecule has 1 aliphatic rings. The van der Waals surface area contributed by atoms with E-state index in [1.165, 1.54) is 0 Å². The molecule has 0 atom stereocenters. The number of nitrogens with one attached hydrogen (secondary N) is 1. The molecule has 1 N–H and O–H groups in total. The molecule has 0 amide bonds. The molecular weight excluding hydrogens is 214 g/mol. The fourth-order valence-corrected chi connectivity index (χ4v) is 2.36. The Morgan fingerprint density at radius 2 is 2.00 bits per heavy atom. The van der Waals surface area contributed by atoms with Gasteiger partial charge in [-0.15, -0.1) is 0 Å². The van der Waals surface area contributed by atoms with Crippen molar-refractivity contribution < 1.29 is 0 Å². The molecule has 1 aromatic heterocycles. The van der Waals surface area contributed by atoms with Gasteiger partial charge < -0.3 is 4.90 Å². The minimum Gasteiger partial charge on any atom is -0.300 e. The molecule has 0 bridgehead atoms. The maximum Gasteiger partial charge on any atom is 0.267 e. The summed E-state index contributed by atoms with van der Waals surface area (Å²) >= 11 is 0. The number of aromatic amines is 1. The number of likely N-dealkylation sites (N-methyl/N-ethyl adjacent to an activating group) is 1. The van der Waals surface area contributed by atoms with Crippen molar-refractivity contribution in [1.29, 1.82) is 0 Å². The Balaban J connectivity index is 2.16. The highest BCUT2D eigenvalue weighted by Crippen LogP contribution is 2.17. The molecule has 88 valence electrons. The molecule has 0 spiro atoms. The van der Waals surface area contributed by atoms with Crippen molar-refractivity contribution in [2.45, 2.75) is 13.0 Å². The zero-order valence-electron chi connectivity index (χ0n) is 9.81. The lowest BCUT2D eigenvalue weighted by atomic mass is 10.1. The summed E-state index contributed by atoms with van der Waals surface area (Å²) in [4.78, 5) is 14.1. The Bertz CT molecular complexity index is 582. The number of hydrogen-bond acceptors (Lipinski definition) is 2. The van der Waals surface area contributed by atoms with E-state index in [0.717, 1.165) is 36.5 Å². The Kier molecular flexibility index (Phi) is 2.37. The van der Waals surface area contributed by atoms with E-state index in [2.05, 4.69) is 17.0 Å². The van der Waals surface area contributed by atoms with Crippen molar-refractivity contribution >= 4 is 0 Å². The lowest BCUT2D eigenvalue weighted by Gasteiger charge is -2.23. The average molecular weight is 229 g/mol. The number of fused-ring (bicyclic) bond motifs is 1. The summed E-state index contributed by atoms with van der Waals surface area (Å²) in [5.74, 6) is 0. The summed E-state index contributed by atoms with van der Waals surface area (Å²) < 4.78 is 1.91. The number of para-hydroxylation sites is 1. The second-order valence-corrected chi connectivity index (χ2v) is 4.52. The topological polar surface area (TPSA) is 41.0 Å². The molecule has 4 nitrogen and oxygen atoms in total. The first-order valence-electron chi connectivity index (χ1n) is 5.82. The number of benzene rings is 1. The van der Waals surface area contributed by atoms with Gasteiger partial charge in [-0.1, -0.05) is 18.2 Å². The molecular formula is C13H15N3O. The SMILES string of the molecule is CN1CCc2c(n(-c3ccccc3)[nH]c2=O)C1. The Labute approximate surface area is 99.5 Å². The van der Waals surface area contributed by atoms with Gasteiger partial charge in [-0.3, -0.25) is 14.6 Å². The molecule has 2 heterocycles. The minimum absolute atomic E-state index is 0.0527. The smallest absolute Gasteiger partial charge is 0.267 e. The maximum atomic E-state index is 11.9. The molecule has 0 fully saturated rings. The molecule has 0 radical (unpaired) electrons. The third-order valence-electron chi connectivity index (χ3n) is 3.28. The van der Waals surface area contributed by atoms with Gasteiger partial charge in [-0.25, -0.2) is 0 Å². The standard InChI is InChI=1S/C13H15N3O/c1-15-8-7-11-12(9-15)16(14-13(11)17)10-5-3-2-4-6-10/h2-6H,7-9H2,1H3,(H,14,17). The van der Waals surface area contributed by atoms with Crippen molar-refractivity contribution in [3.63, 3.8) is 0 Å². The Hall–Kier alpha value is -1.81. The molecule has 4 heteroatoms. The van der Waals surface area contributed by atoms with Crippen LogP contribution in [0.1, 0.15) is 11.3 Å². The highest BCUT2D eigenvalue weighted by molar-refractivity contribution is 5.35. The predicted molar refractivity (Wildman–Crippen MR) is 66.4 cm³/mol. The first kappa shape index (κ1) is 10.4. The van der Waals surface area contributed by atoms with Gasteiger partial charge in [0.25, 0.3) is 5.56 Å². The summed E-state index contributed by atoms with van der Waals surface area (Å²) in [5, 5.41) is 2.93. The van der Waals surface area contributed by atoms with E-state index >= 15 is 0 Å². The van der Waals surface area contributed by atoms with Crippen LogP contribution in [0.2, 0.25) is 0 Å². The zero-order valence-corrected chi connectivity index (χ0v) is 9.81. The van der Waals surface area contributed by atoms with Crippen LogP contribution in [-0.4, -0.2) is 28.3 Å². The predicted octanol–water partition coefficient (Wildman–Crippen LogP) is 1.15. The molecule has 3 rings (SSSR count). The lowest BCUT2D eigenvalue weighted by Crippen LogP contribution is -2.29. The zero-order chi connectivity index (χ0) is 11.8. The van der Waals surface area contributed by atoms with Crippen molar-refractivity contribution in [3.8, 4) is 5.69 Å². The van der Waals surface area contributed by atoms with Crippen LogP contribution in [0.25, 0.3) is 5.69 Å². The number of rotatable bonds is 1. The van der Waals surface area contributed by atoms with Crippen LogP contribution < -0.4 is 5.56 Å². The Morgan fingerprint density at radius 1 is 1.24 bits per heavy atom.